The van der Waals surface area contributed by atoms with Crippen molar-refractivity contribution in [2.45, 2.75) is 5.37 Å². The van der Waals surface area contributed by atoms with E-state index in [0.29, 0.717) is 5.69 Å². The van der Waals surface area contributed by atoms with E-state index < -0.39 is 5.37 Å². The molecule has 1 aromatic rings. The van der Waals surface area contributed by atoms with Gasteiger partial charge in [0, 0.05) is 0 Å². The number of carbonyl (C=O) groups is 1. The highest BCUT2D eigenvalue weighted by atomic mass is 32.2. The second-order valence-corrected chi connectivity index (χ2v) is 3.90. The van der Waals surface area contributed by atoms with Crippen molar-refractivity contribution in [3.63, 3.8) is 0 Å². The summed E-state index contributed by atoms with van der Waals surface area (Å²) in [5.41, 5.74) is 0.713. The van der Waals surface area contributed by atoms with E-state index in [0.717, 1.165) is 11.8 Å². The molecule has 0 saturated carbocycles. The molecule has 0 radical (unpaired) electrons. The van der Waals surface area contributed by atoms with E-state index in [4.69, 9.17) is 5.41 Å². The van der Waals surface area contributed by atoms with Crippen molar-refractivity contribution < 1.29 is 4.79 Å². The maximum Gasteiger partial charge on any atom is 0.287 e. The van der Waals surface area contributed by atoms with Gasteiger partial charge in [-0.15, -0.1) is 0 Å². The lowest BCUT2D eigenvalue weighted by atomic mass is 10.3. The van der Waals surface area contributed by atoms with Gasteiger partial charge in [0.15, 0.2) is 5.37 Å². The van der Waals surface area contributed by atoms with Crippen molar-refractivity contribution >= 4 is 28.5 Å². The molecule has 1 amide bonds. The molecule has 15 heavy (non-hydrogen) atoms. The molecular formula is C9H8N4OS. The SMILES string of the molecule is N=C1NC(=O)SC1N=Nc1ccccc1. The molecule has 0 aromatic heterocycles. The van der Waals surface area contributed by atoms with Crippen molar-refractivity contribution in [3.8, 4) is 0 Å². The maximum absolute atomic E-state index is 10.9. The van der Waals surface area contributed by atoms with E-state index in [1.807, 2.05) is 30.3 Å². The van der Waals surface area contributed by atoms with Crippen LogP contribution in [0.5, 0.6) is 0 Å². The zero-order chi connectivity index (χ0) is 10.7. The third-order valence-corrected chi connectivity index (χ3v) is 2.61. The van der Waals surface area contributed by atoms with Gasteiger partial charge in [-0.05, 0) is 23.9 Å². The average Bonchev–Trinajstić information content (AvgIpc) is 2.56. The van der Waals surface area contributed by atoms with Crippen LogP contribution in [0, 0.1) is 5.41 Å². The molecule has 0 spiro atoms. The minimum absolute atomic E-state index is 0.0877. The fourth-order valence-corrected chi connectivity index (χ4v) is 1.70. The Morgan fingerprint density at radius 2 is 2.07 bits per heavy atom. The Hall–Kier alpha value is -1.69. The van der Waals surface area contributed by atoms with E-state index in [9.17, 15) is 4.79 Å². The molecule has 2 rings (SSSR count). The smallest absolute Gasteiger partial charge is 0.287 e. The highest BCUT2D eigenvalue weighted by molar-refractivity contribution is 8.15. The number of hydrogen-bond acceptors (Lipinski definition) is 5. The van der Waals surface area contributed by atoms with Gasteiger partial charge in [0.1, 0.15) is 5.84 Å². The Morgan fingerprint density at radius 1 is 1.33 bits per heavy atom. The van der Waals surface area contributed by atoms with Crippen LogP contribution in [0.2, 0.25) is 0 Å². The second-order valence-electron chi connectivity index (χ2n) is 2.85. The fraction of sp³-hybridized carbons (Fsp3) is 0.111. The van der Waals surface area contributed by atoms with Gasteiger partial charge >= 0.3 is 0 Å². The summed E-state index contributed by atoms with van der Waals surface area (Å²) in [4.78, 5) is 10.9. The number of thioether (sulfide) groups is 1. The topological polar surface area (TPSA) is 77.7 Å². The monoisotopic (exact) mass is 220 g/mol. The highest BCUT2D eigenvalue weighted by Crippen LogP contribution is 2.22. The number of carbonyl (C=O) groups excluding carboxylic acids is 1. The van der Waals surface area contributed by atoms with Crippen LogP contribution in [0.25, 0.3) is 0 Å². The lowest BCUT2D eigenvalue weighted by Crippen LogP contribution is -2.21. The summed E-state index contributed by atoms with van der Waals surface area (Å²) in [5, 5.41) is 16.8. The average molecular weight is 220 g/mol. The van der Waals surface area contributed by atoms with Gasteiger partial charge in [-0.3, -0.25) is 10.2 Å². The van der Waals surface area contributed by atoms with Crippen LogP contribution in [-0.4, -0.2) is 16.4 Å². The Labute approximate surface area is 90.5 Å². The van der Waals surface area contributed by atoms with E-state index in [1.54, 1.807) is 0 Å². The Kier molecular flexibility index (Phi) is 2.77. The lowest BCUT2D eigenvalue weighted by Gasteiger charge is -1.97. The van der Waals surface area contributed by atoms with Crippen LogP contribution in [0.3, 0.4) is 0 Å². The predicted octanol–water partition coefficient (Wildman–Crippen LogP) is 2.53. The molecule has 76 valence electrons. The third kappa shape index (κ3) is 2.41. The summed E-state index contributed by atoms with van der Waals surface area (Å²) in [6.07, 6.45) is 0. The zero-order valence-electron chi connectivity index (χ0n) is 7.68. The first-order chi connectivity index (χ1) is 7.25. The fourth-order valence-electron chi connectivity index (χ4n) is 1.06. The van der Waals surface area contributed by atoms with Gasteiger partial charge in [0.05, 0.1) is 5.69 Å². The molecule has 0 bridgehead atoms. The molecule has 1 aliphatic rings. The number of amides is 1. The number of nitrogens with zero attached hydrogens (tertiary/aromatic N) is 2. The normalized spacial score (nSPS) is 20.9. The number of nitrogens with one attached hydrogen (secondary N) is 2. The quantitative estimate of drug-likeness (QED) is 0.751. The number of benzene rings is 1. The molecule has 1 fully saturated rings. The Bertz CT molecular complexity index is 417. The molecule has 1 saturated heterocycles. The van der Waals surface area contributed by atoms with E-state index in [2.05, 4.69) is 15.5 Å². The van der Waals surface area contributed by atoms with Crippen LogP contribution in [0.15, 0.2) is 40.6 Å². The molecule has 1 heterocycles. The molecule has 2 N–H and O–H groups in total. The van der Waals surface area contributed by atoms with Crippen LogP contribution in [0.4, 0.5) is 10.5 Å². The van der Waals surface area contributed by atoms with Crippen molar-refractivity contribution in [1.82, 2.24) is 5.32 Å². The Balaban J connectivity index is 2.06. The van der Waals surface area contributed by atoms with Crippen molar-refractivity contribution in [2.75, 3.05) is 0 Å². The van der Waals surface area contributed by atoms with Crippen LogP contribution in [-0.2, 0) is 0 Å². The summed E-state index contributed by atoms with van der Waals surface area (Å²) < 4.78 is 0. The van der Waals surface area contributed by atoms with Gasteiger partial charge in [-0.1, -0.05) is 18.2 Å². The minimum atomic E-state index is -0.530. The van der Waals surface area contributed by atoms with Crippen molar-refractivity contribution in [3.05, 3.63) is 30.3 Å². The molecule has 1 atom stereocenters. The second kappa shape index (κ2) is 4.22. The third-order valence-electron chi connectivity index (χ3n) is 1.74. The summed E-state index contributed by atoms with van der Waals surface area (Å²) in [6.45, 7) is 0. The van der Waals surface area contributed by atoms with Crippen LogP contribution < -0.4 is 5.32 Å². The maximum atomic E-state index is 10.9. The van der Waals surface area contributed by atoms with Crippen molar-refractivity contribution in [2.24, 2.45) is 10.2 Å². The van der Waals surface area contributed by atoms with Crippen LogP contribution >= 0.6 is 11.8 Å². The van der Waals surface area contributed by atoms with Gasteiger partial charge in [0.2, 0.25) is 0 Å². The molecule has 6 heteroatoms. The summed E-state index contributed by atoms with van der Waals surface area (Å²) in [6, 6.07) is 9.20. The minimum Gasteiger partial charge on any atom is -0.303 e. The molecule has 1 aromatic carbocycles. The van der Waals surface area contributed by atoms with Gasteiger partial charge < -0.3 is 5.32 Å². The molecular weight excluding hydrogens is 212 g/mol. The van der Waals surface area contributed by atoms with Crippen LogP contribution in [0.1, 0.15) is 0 Å². The largest absolute Gasteiger partial charge is 0.303 e. The zero-order valence-corrected chi connectivity index (χ0v) is 8.49. The molecule has 5 nitrogen and oxygen atoms in total. The van der Waals surface area contributed by atoms with E-state index in [-0.39, 0.29) is 11.1 Å². The summed E-state index contributed by atoms with van der Waals surface area (Å²) in [7, 11) is 0. The lowest BCUT2D eigenvalue weighted by molar-refractivity contribution is 0.265. The van der Waals surface area contributed by atoms with Crippen molar-refractivity contribution in [1.29, 1.82) is 5.41 Å². The van der Waals surface area contributed by atoms with Gasteiger partial charge in [0.25, 0.3) is 5.24 Å². The molecule has 0 aliphatic carbocycles. The Morgan fingerprint density at radius 3 is 2.67 bits per heavy atom. The number of hydrogen-bond donors (Lipinski definition) is 2. The molecule has 1 unspecified atom stereocenters. The standard InChI is InChI=1S/C9H8N4OS/c10-7-8(15-9(14)11-7)13-12-6-4-2-1-3-5-6/h1-5,8H,(H2,10,11,14). The number of rotatable bonds is 2. The first-order valence-corrected chi connectivity index (χ1v) is 5.15. The first-order valence-electron chi connectivity index (χ1n) is 4.28. The number of amidine groups is 1. The summed E-state index contributed by atoms with van der Waals surface area (Å²) in [5.74, 6) is 0.0877. The highest BCUT2D eigenvalue weighted by Gasteiger charge is 2.28. The molecule has 1 aliphatic heterocycles. The van der Waals surface area contributed by atoms with E-state index in [1.165, 1.54) is 0 Å². The summed E-state index contributed by atoms with van der Waals surface area (Å²) >= 11 is 0.958. The number of azo groups is 1. The van der Waals surface area contributed by atoms with E-state index >= 15 is 0 Å². The van der Waals surface area contributed by atoms with Gasteiger partial charge in [-0.2, -0.15) is 10.2 Å². The van der Waals surface area contributed by atoms with Gasteiger partial charge in [-0.25, -0.2) is 0 Å². The first kappa shape index (κ1) is 9.85. The predicted molar refractivity (Wildman–Crippen MR) is 58.6 cm³/mol.